The van der Waals surface area contributed by atoms with Crippen molar-refractivity contribution in [3.63, 3.8) is 0 Å². The predicted molar refractivity (Wildman–Crippen MR) is 96.5 cm³/mol. The van der Waals surface area contributed by atoms with Crippen LogP contribution in [0.15, 0.2) is 12.1 Å². The first-order valence-corrected chi connectivity index (χ1v) is 9.32. The minimum absolute atomic E-state index is 0.496. The first-order chi connectivity index (χ1) is 9.97. The second-order valence-electron chi connectivity index (χ2n) is 6.03. The van der Waals surface area contributed by atoms with E-state index in [2.05, 4.69) is 63.3 Å². The third kappa shape index (κ3) is 6.27. The molecule has 1 rings (SSSR count). The number of anilines is 1. The Morgan fingerprint density at radius 2 is 2.00 bits per heavy atom. The largest absolute Gasteiger partial charge is 0.356 e. The summed E-state index contributed by atoms with van der Waals surface area (Å²) in [6, 6.07) is 5.47. The molecular formula is C17H31N3S. The molecule has 0 bridgehead atoms. The number of thioether (sulfide) groups is 1. The summed E-state index contributed by atoms with van der Waals surface area (Å²) < 4.78 is 0. The minimum atomic E-state index is 0.496. The lowest BCUT2D eigenvalue weighted by atomic mass is 10.1. The van der Waals surface area contributed by atoms with Gasteiger partial charge < -0.3 is 10.2 Å². The third-order valence-electron chi connectivity index (χ3n) is 3.58. The van der Waals surface area contributed by atoms with Crippen molar-refractivity contribution in [2.24, 2.45) is 0 Å². The van der Waals surface area contributed by atoms with E-state index in [9.17, 15) is 0 Å². The maximum Gasteiger partial charge on any atom is 0.129 e. The predicted octanol–water partition coefficient (Wildman–Crippen LogP) is 3.72. The Morgan fingerprint density at radius 1 is 1.29 bits per heavy atom. The molecule has 1 unspecified atom stereocenters. The Labute approximate surface area is 134 Å². The van der Waals surface area contributed by atoms with Gasteiger partial charge in [0.25, 0.3) is 0 Å². The second kappa shape index (κ2) is 9.31. The highest BCUT2D eigenvalue weighted by Gasteiger charge is 2.12. The van der Waals surface area contributed by atoms with E-state index in [0.29, 0.717) is 12.1 Å². The van der Waals surface area contributed by atoms with Crippen molar-refractivity contribution in [3.05, 3.63) is 23.4 Å². The van der Waals surface area contributed by atoms with Crippen molar-refractivity contribution in [2.75, 3.05) is 24.0 Å². The first kappa shape index (κ1) is 18.3. The highest BCUT2D eigenvalue weighted by molar-refractivity contribution is 7.98. The summed E-state index contributed by atoms with van der Waals surface area (Å²) in [4.78, 5) is 7.14. The summed E-state index contributed by atoms with van der Waals surface area (Å²) in [6.45, 7) is 9.75. The van der Waals surface area contributed by atoms with E-state index in [1.54, 1.807) is 0 Å². The Balaban J connectivity index is 2.95. The zero-order valence-corrected chi connectivity index (χ0v) is 15.3. The molecule has 4 heteroatoms. The van der Waals surface area contributed by atoms with Crippen LogP contribution in [0.25, 0.3) is 0 Å². The number of hydrogen-bond acceptors (Lipinski definition) is 4. The fourth-order valence-corrected chi connectivity index (χ4v) is 2.91. The van der Waals surface area contributed by atoms with Crippen molar-refractivity contribution < 1.29 is 0 Å². The number of hydrogen-bond donors (Lipinski definition) is 1. The Bertz CT molecular complexity index is 420. The molecule has 1 atom stereocenters. The number of nitrogens with zero attached hydrogens (tertiary/aromatic N) is 2. The summed E-state index contributed by atoms with van der Waals surface area (Å²) in [7, 11) is 2.15. The Morgan fingerprint density at radius 3 is 2.57 bits per heavy atom. The number of aryl methyl sites for hydroxylation is 1. The van der Waals surface area contributed by atoms with Gasteiger partial charge in [-0.2, -0.15) is 11.8 Å². The van der Waals surface area contributed by atoms with Gasteiger partial charge in [-0.1, -0.05) is 27.2 Å². The van der Waals surface area contributed by atoms with Crippen molar-refractivity contribution in [1.29, 1.82) is 0 Å². The van der Waals surface area contributed by atoms with E-state index in [1.165, 1.54) is 11.3 Å². The van der Waals surface area contributed by atoms with Gasteiger partial charge in [-0.15, -0.1) is 0 Å². The van der Waals surface area contributed by atoms with E-state index in [0.717, 1.165) is 31.0 Å². The molecule has 1 aromatic heterocycles. The number of pyridine rings is 1. The van der Waals surface area contributed by atoms with Crippen LogP contribution in [0.3, 0.4) is 0 Å². The summed E-state index contributed by atoms with van der Waals surface area (Å²) in [5, 5.41) is 3.50. The average molecular weight is 310 g/mol. The molecular weight excluding hydrogens is 278 g/mol. The number of nitrogens with one attached hydrogen (secondary N) is 1. The second-order valence-corrected chi connectivity index (χ2v) is 6.94. The third-order valence-corrected chi connectivity index (χ3v) is 4.39. The van der Waals surface area contributed by atoms with Gasteiger partial charge >= 0.3 is 0 Å². The van der Waals surface area contributed by atoms with Gasteiger partial charge in [0.05, 0.1) is 0 Å². The topological polar surface area (TPSA) is 28.2 Å². The van der Waals surface area contributed by atoms with Crippen LogP contribution < -0.4 is 10.2 Å². The number of aromatic nitrogens is 1. The molecule has 120 valence electrons. The lowest BCUT2D eigenvalue weighted by Gasteiger charge is -2.26. The monoisotopic (exact) mass is 309 g/mol. The van der Waals surface area contributed by atoms with Crippen molar-refractivity contribution in [2.45, 2.75) is 59.2 Å². The van der Waals surface area contributed by atoms with Crippen LogP contribution in [0.5, 0.6) is 0 Å². The Kier molecular flexibility index (Phi) is 8.12. The molecule has 1 heterocycles. The fourth-order valence-electron chi connectivity index (χ4n) is 2.20. The van der Waals surface area contributed by atoms with Gasteiger partial charge in [-0.05, 0) is 37.3 Å². The van der Waals surface area contributed by atoms with Gasteiger partial charge in [-0.25, -0.2) is 4.98 Å². The zero-order valence-electron chi connectivity index (χ0n) is 14.4. The molecule has 0 radical (unpaired) electrons. The Hall–Kier alpha value is -0.740. The molecule has 0 fully saturated rings. The van der Waals surface area contributed by atoms with Crippen molar-refractivity contribution in [3.8, 4) is 0 Å². The average Bonchev–Trinajstić information content (AvgIpc) is 2.44. The highest BCUT2D eigenvalue weighted by atomic mass is 32.2. The van der Waals surface area contributed by atoms with E-state index >= 15 is 0 Å². The molecule has 0 aliphatic carbocycles. The van der Waals surface area contributed by atoms with Gasteiger partial charge in [0.2, 0.25) is 0 Å². The molecule has 0 saturated heterocycles. The minimum Gasteiger partial charge on any atom is -0.356 e. The smallest absolute Gasteiger partial charge is 0.129 e. The zero-order chi connectivity index (χ0) is 15.8. The first-order valence-electron chi connectivity index (χ1n) is 7.92. The van der Waals surface area contributed by atoms with Gasteiger partial charge in [0.1, 0.15) is 5.82 Å². The van der Waals surface area contributed by atoms with Gasteiger partial charge in [0.15, 0.2) is 0 Å². The molecule has 1 N–H and O–H groups in total. The normalized spacial score (nSPS) is 12.7. The lowest BCUT2D eigenvalue weighted by molar-refractivity contribution is 0.587. The van der Waals surface area contributed by atoms with Crippen molar-refractivity contribution in [1.82, 2.24) is 10.3 Å². The molecule has 0 aliphatic heterocycles. The fraction of sp³-hybridized carbons (Fsp3) is 0.706. The van der Waals surface area contributed by atoms with Crippen molar-refractivity contribution >= 4 is 17.6 Å². The van der Waals surface area contributed by atoms with Crippen LogP contribution in [0.2, 0.25) is 0 Å². The maximum absolute atomic E-state index is 4.84. The highest BCUT2D eigenvalue weighted by Crippen LogP contribution is 2.18. The van der Waals surface area contributed by atoms with Gasteiger partial charge in [0, 0.05) is 37.1 Å². The molecule has 1 aromatic rings. The summed E-state index contributed by atoms with van der Waals surface area (Å²) in [6.07, 6.45) is 4.34. The number of rotatable bonds is 9. The van der Waals surface area contributed by atoms with E-state index in [4.69, 9.17) is 4.98 Å². The van der Waals surface area contributed by atoms with Crippen LogP contribution in [-0.2, 0) is 13.0 Å². The molecule has 0 amide bonds. The summed E-state index contributed by atoms with van der Waals surface area (Å²) in [5.74, 6) is 2.22. The molecule has 0 spiro atoms. The molecule has 3 nitrogen and oxygen atoms in total. The van der Waals surface area contributed by atoms with Crippen LogP contribution in [0.1, 0.15) is 45.4 Å². The van der Waals surface area contributed by atoms with Gasteiger partial charge in [-0.3, -0.25) is 0 Å². The van der Waals surface area contributed by atoms with Crippen LogP contribution in [-0.4, -0.2) is 36.1 Å². The maximum atomic E-state index is 4.84. The van der Waals surface area contributed by atoms with E-state index < -0.39 is 0 Å². The molecule has 0 saturated carbocycles. The molecule has 21 heavy (non-hydrogen) atoms. The summed E-state index contributed by atoms with van der Waals surface area (Å²) >= 11 is 1.88. The standard InChI is InChI=1S/C17H31N3S/c1-7-8-16-9-15(11-18-13(2)3)10-17(19-16)20(5)14(4)12-21-6/h9-10,13-14,18H,7-8,11-12H2,1-6H3. The lowest BCUT2D eigenvalue weighted by Crippen LogP contribution is -2.32. The van der Waals surface area contributed by atoms with E-state index in [1.807, 2.05) is 11.8 Å². The van der Waals surface area contributed by atoms with Crippen LogP contribution in [0.4, 0.5) is 5.82 Å². The quantitative estimate of drug-likeness (QED) is 0.752. The van der Waals surface area contributed by atoms with Crippen LogP contribution >= 0.6 is 11.8 Å². The van der Waals surface area contributed by atoms with E-state index in [-0.39, 0.29) is 0 Å². The SMILES string of the molecule is CCCc1cc(CNC(C)C)cc(N(C)C(C)CSC)n1. The molecule has 0 aliphatic rings. The molecule has 0 aromatic carbocycles. The summed E-state index contributed by atoms with van der Waals surface area (Å²) in [5.41, 5.74) is 2.54. The van der Waals surface area contributed by atoms with Crippen LogP contribution in [0, 0.1) is 0 Å².